The van der Waals surface area contributed by atoms with Crippen molar-refractivity contribution >= 4 is 15.9 Å². The van der Waals surface area contributed by atoms with Crippen LogP contribution in [0.4, 0.5) is 0 Å². The number of nitrogens with two attached hydrogens (primary N) is 1. The highest BCUT2D eigenvalue weighted by Crippen LogP contribution is 2.31. The van der Waals surface area contributed by atoms with Crippen molar-refractivity contribution in [2.75, 3.05) is 0 Å². The number of hydrogen-bond donors (Lipinski definition) is 2. The predicted octanol–water partition coefficient (Wildman–Crippen LogP) is 3.65. The van der Waals surface area contributed by atoms with E-state index in [4.69, 9.17) is 5.84 Å². The molecule has 0 bridgehead atoms. The third-order valence-electron chi connectivity index (χ3n) is 4.13. The normalized spacial score (nSPS) is 25.9. The first-order valence-corrected chi connectivity index (χ1v) is 7.69. The molecular weight excluding hydrogens is 288 g/mol. The molecule has 0 aromatic heterocycles. The van der Waals surface area contributed by atoms with Gasteiger partial charge in [-0.2, -0.15) is 0 Å². The van der Waals surface area contributed by atoms with E-state index < -0.39 is 0 Å². The van der Waals surface area contributed by atoms with Crippen LogP contribution in [0.1, 0.15) is 38.2 Å². The van der Waals surface area contributed by atoms with Crippen LogP contribution in [0.25, 0.3) is 0 Å². The fourth-order valence-corrected chi connectivity index (χ4v) is 3.35. The van der Waals surface area contributed by atoms with Crippen molar-refractivity contribution in [1.29, 1.82) is 0 Å². The van der Waals surface area contributed by atoms with Crippen LogP contribution >= 0.6 is 15.9 Å². The van der Waals surface area contributed by atoms with E-state index in [0.717, 1.165) is 22.7 Å². The van der Waals surface area contributed by atoms with Gasteiger partial charge >= 0.3 is 0 Å². The molecule has 3 unspecified atom stereocenters. The molecule has 1 fully saturated rings. The molecule has 0 aliphatic heterocycles. The Bertz CT molecular complexity index is 363. The Balaban J connectivity index is 1.98. The minimum Gasteiger partial charge on any atom is -0.271 e. The fraction of sp³-hybridized carbons (Fsp3) is 0.600. The highest BCUT2D eigenvalue weighted by molar-refractivity contribution is 9.10. The van der Waals surface area contributed by atoms with Crippen LogP contribution in [0.2, 0.25) is 0 Å². The maximum absolute atomic E-state index is 5.77. The lowest BCUT2D eigenvalue weighted by atomic mass is 9.77. The van der Waals surface area contributed by atoms with Gasteiger partial charge in [0.25, 0.3) is 0 Å². The van der Waals surface area contributed by atoms with E-state index in [9.17, 15) is 0 Å². The first kappa shape index (κ1) is 14.0. The topological polar surface area (TPSA) is 38.0 Å². The highest BCUT2D eigenvalue weighted by atomic mass is 79.9. The molecule has 1 aromatic carbocycles. The molecule has 1 saturated carbocycles. The third-order valence-corrected chi connectivity index (χ3v) is 4.66. The second-order valence-corrected chi connectivity index (χ2v) is 6.55. The zero-order chi connectivity index (χ0) is 13.0. The van der Waals surface area contributed by atoms with Gasteiger partial charge in [-0.25, -0.2) is 0 Å². The first-order chi connectivity index (χ1) is 8.69. The summed E-state index contributed by atoms with van der Waals surface area (Å²) >= 11 is 3.47. The van der Waals surface area contributed by atoms with Gasteiger partial charge in [-0.15, -0.1) is 0 Å². The highest BCUT2D eigenvalue weighted by Gasteiger charge is 2.26. The molecule has 0 amide bonds. The van der Waals surface area contributed by atoms with Gasteiger partial charge in [-0.05, 0) is 48.8 Å². The quantitative estimate of drug-likeness (QED) is 0.658. The Labute approximate surface area is 118 Å². The van der Waals surface area contributed by atoms with E-state index >= 15 is 0 Å². The zero-order valence-corrected chi connectivity index (χ0v) is 12.6. The maximum Gasteiger partial charge on any atom is 0.0279 e. The fourth-order valence-electron chi connectivity index (χ4n) is 3.08. The predicted molar refractivity (Wildman–Crippen MR) is 80.1 cm³/mol. The summed E-state index contributed by atoms with van der Waals surface area (Å²) in [4.78, 5) is 0. The van der Waals surface area contributed by atoms with Crippen molar-refractivity contribution in [1.82, 2.24) is 5.43 Å². The van der Waals surface area contributed by atoms with Crippen LogP contribution in [0.5, 0.6) is 0 Å². The van der Waals surface area contributed by atoms with E-state index in [1.807, 2.05) is 0 Å². The average Bonchev–Trinajstić information content (AvgIpc) is 2.38. The summed E-state index contributed by atoms with van der Waals surface area (Å²) in [6, 6.07) is 8.98. The maximum atomic E-state index is 5.77. The van der Waals surface area contributed by atoms with Crippen molar-refractivity contribution in [3.63, 3.8) is 0 Å². The van der Waals surface area contributed by atoms with Gasteiger partial charge in [0.15, 0.2) is 0 Å². The lowest BCUT2D eigenvalue weighted by molar-refractivity contribution is 0.222. The van der Waals surface area contributed by atoms with Crippen molar-refractivity contribution in [2.24, 2.45) is 17.7 Å². The number of hydrazine groups is 1. The molecule has 0 saturated heterocycles. The SMILES string of the molecule is CC1CCCC(C(Cc2ccc(Br)cc2)NN)C1. The summed E-state index contributed by atoms with van der Waals surface area (Å²) in [6.07, 6.45) is 6.39. The summed E-state index contributed by atoms with van der Waals surface area (Å²) in [5.41, 5.74) is 4.40. The largest absolute Gasteiger partial charge is 0.271 e. The second kappa shape index (κ2) is 6.69. The van der Waals surface area contributed by atoms with Crippen LogP contribution in [-0.2, 0) is 6.42 Å². The number of hydrogen-bond acceptors (Lipinski definition) is 2. The lowest BCUT2D eigenvalue weighted by Gasteiger charge is -2.33. The van der Waals surface area contributed by atoms with Crippen molar-refractivity contribution in [3.8, 4) is 0 Å². The van der Waals surface area contributed by atoms with Crippen LogP contribution in [0, 0.1) is 11.8 Å². The smallest absolute Gasteiger partial charge is 0.0279 e. The van der Waals surface area contributed by atoms with Crippen LogP contribution in [-0.4, -0.2) is 6.04 Å². The molecule has 18 heavy (non-hydrogen) atoms. The molecule has 1 aliphatic carbocycles. The molecule has 2 rings (SSSR count). The van der Waals surface area contributed by atoms with Crippen molar-refractivity contribution < 1.29 is 0 Å². The molecule has 1 aromatic rings. The zero-order valence-electron chi connectivity index (χ0n) is 11.0. The summed E-state index contributed by atoms with van der Waals surface area (Å²) in [5, 5.41) is 0. The monoisotopic (exact) mass is 310 g/mol. The molecule has 0 spiro atoms. The summed E-state index contributed by atoms with van der Waals surface area (Å²) < 4.78 is 1.13. The molecule has 2 nitrogen and oxygen atoms in total. The molecular formula is C15H23BrN2. The van der Waals surface area contributed by atoms with E-state index in [2.05, 4.69) is 52.5 Å². The van der Waals surface area contributed by atoms with Gasteiger partial charge < -0.3 is 0 Å². The molecule has 3 atom stereocenters. The lowest BCUT2D eigenvalue weighted by Crippen LogP contribution is -2.43. The van der Waals surface area contributed by atoms with Crippen molar-refractivity contribution in [3.05, 3.63) is 34.3 Å². The molecule has 100 valence electrons. The van der Waals surface area contributed by atoms with Gasteiger partial charge in [-0.3, -0.25) is 11.3 Å². The van der Waals surface area contributed by atoms with Crippen LogP contribution in [0.3, 0.4) is 0 Å². The number of nitrogens with one attached hydrogen (secondary N) is 1. The molecule has 0 heterocycles. The van der Waals surface area contributed by atoms with Gasteiger partial charge in [0.2, 0.25) is 0 Å². The molecule has 3 heteroatoms. The Morgan fingerprint density at radius 1 is 1.33 bits per heavy atom. The molecule has 0 radical (unpaired) electrons. The van der Waals surface area contributed by atoms with Crippen molar-refractivity contribution in [2.45, 2.75) is 45.1 Å². The average molecular weight is 311 g/mol. The van der Waals surface area contributed by atoms with E-state index in [1.165, 1.54) is 31.2 Å². The van der Waals surface area contributed by atoms with E-state index in [-0.39, 0.29) is 0 Å². The second-order valence-electron chi connectivity index (χ2n) is 5.64. The number of benzene rings is 1. The summed E-state index contributed by atoms with van der Waals surface area (Å²) in [6.45, 7) is 2.36. The van der Waals surface area contributed by atoms with Gasteiger partial charge in [0, 0.05) is 10.5 Å². The summed E-state index contributed by atoms with van der Waals surface area (Å²) in [5.74, 6) is 7.34. The Hall–Kier alpha value is -0.380. The minimum absolute atomic E-state index is 0.411. The van der Waals surface area contributed by atoms with Gasteiger partial charge in [-0.1, -0.05) is 47.8 Å². The van der Waals surface area contributed by atoms with Crippen LogP contribution in [0.15, 0.2) is 28.7 Å². The molecule has 3 N–H and O–H groups in total. The first-order valence-electron chi connectivity index (χ1n) is 6.89. The number of rotatable bonds is 4. The Kier molecular flexibility index (Phi) is 5.22. The summed E-state index contributed by atoms with van der Waals surface area (Å²) in [7, 11) is 0. The standard InChI is InChI=1S/C15H23BrN2/c1-11-3-2-4-13(9-11)15(18-17)10-12-5-7-14(16)8-6-12/h5-8,11,13,15,18H,2-4,9-10,17H2,1H3. The Morgan fingerprint density at radius 3 is 2.67 bits per heavy atom. The third kappa shape index (κ3) is 3.81. The van der Waals surface area contributed by atoms with Gasteiger partial charge in [0.05, 0.1) is 0 Å². The number of halogens is 1. The Morgan fingerprint density at radius 2 is 2.06 bits per heavy atom. The van der Waals surface area contributed by atoms with E-state index in [0.29, 0.717) is 6.04 Å². The van der Waals surface area contributed by atoms with E-state index in [1.54, 1.807) is 0 Å². The van der Waals surface area contributed by atoms with Gasteiger partial charge in [0.1, 0.15) is 0 Å². The minimum atomic E-state index is 0.411. The molecule has 1 aliphatic rings. The van der Waals surface area contributed by atoms with Crippen LogP contribution < -0.4 is 11.3 Å².